The number of benzene rings is 1. The van der Waals surface area contributed by atoms with E-state index in [1.165, 1.54) is 6.08 Å². The Bertz CT molecular complexity index is 970. The standard InChI is InChI=1S/C26H33NO6/c1-8-31-24(29)21-16(3)27-17(4)22(25(30)32-9-2)23(21)19-12-10-11-18(15-19)13-14-20(28)33-26(5,6)7/h10-15,23,27H,8-9H2,1-7H3/b14-13+. The highest BCUT2D eigenvalue weighted by Gasteiger charge is 2.37. The number of ether oxygens (including phenoxy) is 3. The molecule has 7 heteroatoms. The highest BCUT2D eigenvalue weighted by molar-refractivity contribution is 6.00. The summed E-state index contributed by atoms with van der Waals surface area (Å²) < 4.78 is 15.9. The minimum absolute atomic E-state index is 0.207. The van der Waals surface area contributed by atoms with E-state index in [1.807, 2.05) is 24.3 Å². The quantitative estimate of drug-likeness (QED) is 0.370. The van der Waals surface area contributed by atoms with Gasteiger partial charge >= 0.3 is 17.9 Å². The van der Waals surface area contributed by atoms with Crippen LogP contribution in [0.4, 0.5) is 0 Å². The van der Waals surface area contributed by atoms with Crippen LogP contribution >= 0.6 is 0 Å². The predicted octanol–water partition coefficient (Wildman–Crippen LogP) is 4.40. The Morgan fingerprint density at radius 3 is 2.00 bits per heavy atom. The lowest BCUT2D eigenvalue weighted by Gasteiger charge is -2.30. The molecule has 7 nitrogen and oxygen atoms in total. The topological polar surface area (TPSA) is 90.9 Å². The second-order valence-corrected chi connectivity index (χ2v) is 8.61. The SMILES string of the molecule is CCOC(=O)C1=C(C)NC(C)=C(C(=O)OCC)C1c1cccc(/C=C/C(=O)OC(C)(C)C)c1. The molecular weight excluding hydrogens is 422 g/mol. The summed E-state index contributed by atoms with van der Waals surface area (Å²) in [5.41, 5.74) is 2.74. The van der Waals surface area contributed by atoms with Gasteiger partial charge in [0.05, 0.1) is 30.3 Å². The number of dihydropyridines is 1. The zero-order valence-electron chi connectivity index (χ0n) is 20.4. The summed E-state index contributed by atoms with van der Waals surface area (Å²) in [4.78, 5) is 37.9. The van der Waals surface area contributed by atoms with E-state index < -0.39 is 29.4 Å². The second-order valence-electron chi connectivity index (χ2n) is 8.61. The third-order valence-electron chi connectivity index (χ3n) is 4.81. The van der Waals surface area contributed by atoms with Gasteiger partial charge in [-0.25, -0.2) is 14.4 Å². The average molecular weight is 456 g/mol. The molecule has 0 aliphatic carbocycles. The third-order valence-corrected chi connectivity index (χ3v) is 4.81. The van der Waals surface area contributed by atoms with Crippen molar-refractivity contribution in [2.24, 2.45) is 0 Å². The molecule has 0 saturated heterocycles. The molecule has 1 aliphatic rings. The van der Waals surface area contributed by atoms with Crippen LogP contribution in [0.5, 0.6) is 0 Å². The van der Waals surface area contributed by atoms with Gasteiger partial charge in [-0.05, 0) is 65.7 Å². The van der Waals surface area contributed by atoms with Gasteiger partial charge in [0.15, 0.2) is 0 Å². The van der Waals surface area contributed by atoms with Crippen LogP contribution in [0, 0.1) is 0 Å². The van der Waals surface area contributed by atoms with Crippen LogP contribution in [-0.4, -0.2) is 36.7 Å². The van der Waals surface area contributed by atoms with Crippen molar-refractivity contribution < 1.29 is 28.6 Å². The molecule has 1 aromatic carbocycles. The van der Waals surface area contributed by atoms with Gasteiger partial charge in [0.25, 0.3) is 0 Å². The van der Waals surface area contributed by atoms with E-state index in [-0.39, 0.29) is 13.2 Å². The van der Waals surface area contributed by atoms with E-state index in [0.29, 0.717) is 28.1 Å². The molecule has 1 aromatic rings. The third kappa shape index (κ3) is 6.81. The van der Waals surface area contributed by atoms with Crippen LogP contribution < -0.4 is 5.32 Å². The highest BCUT2D eigenvalue weighted by atomic mass is 16.6. The van der Waals surface area contributed by atoms with Crippen LogP contribution in [0.2, 0.25) is 0 Å². The van der Waals surface area contributed by atoms with Gasteiger partial charge in [0.1, 0.15) is 5.60 Å². The smallest absolute Gasteiger partial charge is 0.336 e. The first kappa shape index (κ1) is 25.9. The summed E-state index contributed by atoms with van der Waals surface area (Å²) in [5, 5.41) is 3.12. The average Bonchev–Trinajstić information content (AvgIpc) is 2.71. The molecule has 1 aliphatic heterocycles. The fourth-order valence-electron chi connectivity index (χ4n) is 3.63. The number of esters is 3. The first-order chi connectivity index (χ1) is 15.5. The van der Waals surface area contributed by atoms with Crippen LogP contribution in [0.15, 0.2) is 52.9 Å². The largest absolute Gasteiger partial charge is 0.463 e. The first-order valence-corrected chi connectivity index (χ1v) is 11.0. The van der Waals surface area contributed by atoms with E-state index >= 15 is 0 Å². The van der Waals surface area contributed by atoms with Gasteiger partial charge in [0.2, 0.25) is 0 Å². The summed E-state index contributed by atoms with van der Waals surface area (Å²) in [5.74, 6) is -2.15. The Hall–Kier alpha value is -3.35. The summed E-state index contributed by atoms with van der Waals surface area (Å²) in [7, 11) is 0. The Morgan fingerprint density at radius 2 is 1.52 bits per heavy atom. The molecule has 178 valence electrons. The molecule has 0 atom stereocenters. The summed E-state index contributed by atoms with van der Waals surface area (Å²) in [6.45, 7) is 12.8. The normalized spacial score (nSPS) is 14.9. The molecule has 0 bridgehead atoms. The van der Waals surface area contributed by atoms with Gasteiger partial charge in [-0.1, -0.05) is 24.3 Å². The van der Waals surface area contributed by atoms with Gasteiger partial charge in [-0.3, -0.25) is 0 Å². The van der Waals surface area contributed by atoms with Gasteiger partial charge in [-0.2, -0.15) is 0 Å². The first-order valence-electron chi connectivity index (χ1n) is 11.0. The molecule has 1 N–H and O–H groups in total. The summed E-state index contributed by atoms with van der Waals surface area (Å²) >= 11 is 0. The van der Waals surface area contributed by atoms with Crippen molar-refractivity contribution in [3.05, 3.63) is 64.0 Å². The lowest BCUT2D eigenvalue weighted by atomic mass is 9.80. The number of carbonyl (C=O) groups is 3. The van der Waals surface area contributed by atoms with E-state index in [4.69, 9.17) is 14.2 Å². The van der Waals surface area contributed by atoms with Crippen LogP contribution in [0.1, 0.15) is 65.5 Å². The Balaban J connectivity index is 2.54. The van der Waals surface area contributed by atoms with Crippen molar-refractivity contribution in [2.45, 2.75) is 60.0 Å². The van der Waals surface area contributed by atoms with Crippen molar-refractivity contribution in [3.8, 4) is 0 Å². The van der Waals surface area contributed by atoms with Crippen LogP contribution in [-0.2, 0) is 28.6 Å². The number of hydrogen-bond donors (Lipinski definition) is 1. The van der Waals surface area contributed by atoms with E-state index in [0.717, 1.165) is 5.56 Å². The zero-order valence-corrected chi connectivity index (χ0v) is 20.4. The molecule has 33 heavy (non-hydrogen) atoms. The van der Waals surface area contributed by atoms with Gasteiger partial charge < -0.3 is 19.5 Å². The Labute approximate surface area is 195 Å². The molecule has 0 unspecified atom stereocenters. The second kappa shape index (κ2) is 11.0. The maximum Gasteiger partial charge on any atom is 0.336 e. The maximum atomic E-state index is 12.9. The van der Waals surface area contributed by atoms with E-state index in [2.05, 4.69) is 5.32 Å². The minimum atomic E-state index is -0.681. The monoisotopic (exact) mass is 455 g/mol. The van der Waals surface area contributed by atoms with Crippen molar-refractivity contribution in [3.63, 3.8) is 0 Å². The zero-order chi connectivity index (χ0) is 24.8. The molecule has 0 saturated carbocycles. The number of allylic oxidation sites excluding steroid dienone is 2. The Kier molecular flexibility index (Phi) is 8.63. The fraction of sp³-hybridized carbons (Fsp3) is 0.423. The molecular formula is C26H33NO6. The van der Waals surface area contributed by atoms with Crippen molar-refractivity contribution in [2.75, 3.05) is 13.2 Å². The molecule has 0 amide bonds. The maximum absolute atomic E-state index is 12.9. The van der Waals surface area contributed by atoms with Crippen molar-refractivity contribution >= 4 is 24.0 Å². The number of carbonyl (C=O) groups excluding carboxylic acids is 3. The minimum Gasteiger partial charge on any atom is -0.463 e. The molecule has 0 spiro atoms. The predicted molar refractivity (Wildman–Crippen MR) is 126 cm³/mol. The van der Waals surface area contributed by atoms with Crippen molar-refractivity contribution in [1.82, 2.24) is 5.32 Å². The molecule has 0 fully saturated rings. The lowest BCUT2D eigenvalue weighted by Crippen LogP contribution is -2.32. The van der Waals surface area contributed by atoms with Crippen LogP contribution in [0.3, 0.4) is 0 Å². The number of nitrogens with one attached hydrogen (secondary N) is 1. The van der Waals surface area contributed by atoms with Crippen molar-refractivity contribution in [1.29, 1.82) is 0 Å². The Morgan fingerprint density at radius 1 is 0.970 bits per heavy atom. The number of hydrogen-bond acceptors (Lipinski definition) is 7. The number of rotatable bonds is 7. The van der Waals surface area contributed by atoms with Crippen LogP contribution in [0.25, 0.3) is 6.08 Å². The molecule has 0 radical (unpaired) electrons. The lowest BCUT2D eigenvalue weighted by molar-refractivity contribution is -0.148. The fourth-order valence-corrected chi connectivity index (χ4v) is 3.63. The van der Waals surface area contributed by atoms with E-state index in [1.54, 1.807) is 54.5 Å². The van der Waals surface area contributed by atoms with Gasteiger partial charge in [0, 0.05) is 17.5 Å². The highest BCUT2D eigenvalue weighted by Crippen LogP contribution is 2.39. The molecule has 1 heterocycles. The van der Waals surface area contributed by atoms with E-state index in [9.17, 15) is 14.4 Å². The molecule has 0 aromatic heterocycles. The van der Waals surface area contributed by atoms with Gasteiger partial charge in [-0.15, -0.1) is 0 Å². The summed E-state index contributed by atoms with van der Waals surface area (Å²) in [6, 6.07) is 7.30. The summed E-state index contributed by atoms with van der Waals surface area (Å²) in [6.07, 6.45) is 2.99. The molecule has 2 rings (SSSR count).